The SMILES string of the molecule is C#Cc1ccnc(SC)n1. The third kappa shape index (κ3) is 1.49. The van der Waals surface area contributed by atoms with E-state index in [1.54, 1.807) is 12.3 Å². The Morgan fingerprint density at radius 2 is 2.50 bits per heavy atom. The third-order valence-corrected chi connectivity index (χ3v) is 1.53. The van der Waals surface area contributed by atoms with Crippen molar-refractivity contribution in [1.82, 2.24) is 9.97 Å². The molecule has 0 aliphatic carbocycles. The van der Waals surface area contributed by atoms with Gasteiger partial charge in [0.25, 0.3) is 0 Å². The van der Waals surface area contributed by atoms with Crippen LogP contribution in [0.5, 0.6) is 0 Å². The summed E-state index contributed by atoms with van der Waals surface area (Å²) in [7, 11) is 0. The van der Waals surface area contributed by atoms with Crippen LogP contribution in [0.1, 0.15) is 5.69 Å². The second kappa shape index (κ2) is 3.23. The van der Waals surface area contributed by atoms with Crippen molar-refractivity contribution in [3.63, 3.8) is 0 Å². The molecule has 1 rings (SSSR count). The van der Waals surface area contributed by atoms with Gasteiger partial charge in [0.05, 0.1) is 0 Å². The molecule has 0 aromatic carbocycles. The number of rotatable bonds is 1. The van der Waals surface area contributed by atoms with Crippen molar-refractivity contribution < 1.29 is 0 Å². The molecule has 0 bridgehead atoms. The average molecular weight is 150 g/mol. The summed E-state index contributed by atoms with van der Waals surface area (Å²) in [4.78, 5) is 7.99. The van der Waals surface area contributed by atoms with Gasteiger partial charge < -0.3 is 0 Å². The monoisotopic (exact) mass is 150 g/mol. The number of hydrogen-bond donors (Lipinski definition) is 0. The minimum atomic E-state index is 0.638. The highest BCUT2D eigenvalue weighted by atomic mass is 32.2. The maximum absolute atomic E-state index is 5.12. The Morgan fingerprint density at radius 1 is 1.70 bits per heavy atom. The van der Waals surface area contributed by atoms with E-state index in [2.05, 4.69) is 15.9 Å². The van der Waals surface area contributed by atoms with Gasteiger partial charge in [0.1, 0.15) is 5.69 Å². The lowest BCUT2D eigenvalue weighted by Gasteiger charge is -1.92. The molecule has 0 fully saturated rings. The first kappa shape index (κ1) is 7.10. The number of nitrogens with zero attached hydrogens (tertiary/aromatic N) is 2. The number of hydrogen-bond acceptors (Lipinski definition) is 3. The fourth-order valence-electron chi connectivity index (χ4n) is 0.520. The maximum Gasteiger partial charge on any atom is 0.188 e. The predicted octanol–water partition coefficient (Wildman–Crippen LogP) is 1.18. The van der Waals surface area contributed by atoms with Crippen LogP contribution >= 0.6 is 11.8 Å². The van der Waals surface area contributed by atoms with E-state index >= 15 is 0 Å². The lowest BCUT2D eigenvalue weighted by atomic mass is 10.4. The summed E-state index contributed by atoms with van der Waals surface area (Å²) in [5.41, 5.74) is 0.638. The van der Waals surface area contributed by atoms with E-state index in [0.29, 0.717) is 5.69 Å². The molecule has 0 N–H and O–H groups in total. The van der Waals surface area contributed by atoms with Crippen LogP contribution in [-0.4, -0.2) is 16.2 Å². The Bertz CT molecular complexity index is 265. The quantitative estimate of drug-likeness (QED) is 0.341. The summed E-state index contributed by atoms with van der Waals surface area (Å²) < 4.78 is 0. The Balaban J connectivity index is 3.01. The summed E-state index contributed by atoms with van der Waals surface area (Å²) in [5, 5.41) is 0.718. The smallest absolute Gasteiger partial charge is 0.188 e. The molecule has 0 unspecified atom stereocenters. The first-order chi connectivity index (χ1) is 4.86. The van der Waals surface area contributed by atoms with Gasteiger partial charge in [0.2, 0.25) is 0 Å². The Hall–Kier alpha value is -1.01. The largest absolute Gasteiger partial charge is 0.231 e. The van der Waals surface area contributed by atoms with Crippen molar-refractivity contribution >= 4 is 11.8 Å². The van der Waals surface area contributed by atoms with Crippen molar-refractivity contribution in [2.45, 2.75) is 5.16 Å². The molecule has 0 saturated heterocycles. The van der Waals surface area contributed by atoms with Crippen LogP contribution in [0.3, 0.4) is 0 Å². The van der Waals surface area contributed by atoms with Gasteiger partial charge in [-0.15, -0.1) is 6.42 Å². The second-order valence-corrected chi connectivity index (χ2v) is 2.35. The van der Waals surface area contributed by atoms with Crippen molar-refractivity contribution in [2.24, 2.45) is 0 Å². The molecule has 50 valence electrons. The fraction of sp³-hybridized carbons (Fsp3) is 0.143. The molecule has 0 aliphatic rings. The van der Waals surface area contributed by atoms with Crippen LogP contribution in [0.2, 0.25) is 0 Å². The molecule has 1 aromatic rings. The zero-order valence-electron chi connectivity index (χ0n) is 5.53. The molecular weight excluding hydrogens is 144 g/mol. The van der Waals surface area contributed by atoms with Gasteiger partial charge in [0, 0.05) is 6.20 Å². The van der Waals surface area contributed by atoms with Crippen molar-refractivity contribution in [1.29, 1.82) is 0 Å². The molecule has 0 atom stereocenters. The van der Waals surface area contributed by atoms with Crippen LogP contribution < -0.4 is 0 Å². The number of aromatic nitrogens is 2. The second-order valence-electron chi connectivity index (χ2n) is 1.57. The predicted molar refractivity (Wildman–Crippen MR) is 41.7 cm³/mol. The normalized spacial score (nSPS) is 8.80. The van der Waals surface area contributed by atoms with E-state index in [0.717, 1.165) is 5.16 Å². The lowest BCUT2D eigenvalue weighted by molar-refractivity contribution is 0.958. The minimum absolute atomic E-state index is 0.638. The van der Waals surface area contributed by atoms with Crippen LogP contribution in [0.4, 0.5) is 0 Å². The summed E-state index contributed by atoms with van der Waals surface area (Å²) in [6, 6.07) is 1.71. The van der Waals surface area contributed by atoms with Crippen molar-refractivity contribution in [3.8, 4) is 12.3 Å². The highest BCUT2D eigenvalue weighted by molar-refractivity contribution is 7.98. The van der Waals surface area contributed by atoms with E-state index in [9.17, 15) is 0 Å². The van der Waals surface area contributed by atoms with Crippen LogP contribution in [-0.2, 0) is 0 Å². The highest BCUT2D eigenvalue weighted by Crippen LogP contribution is 2.06. The molecule has 0 aliphatic heterocycles. The minimum Gasteiger partial charge on any atom is -0.231 e. The maximum atomic E-state index is 5.12. The van der Waals surface area contributed by atoms with E-state index in [4.69, 9.17) is 6.42 Å². The van der Waals surface area contributed by atoms with Gasteiger partial charge in [-0.25, -0.2) is 9.97 Å². The Labute approximate surface area is 64.1 Å². The van der Waals surface area contributed by atoms with Gasteiger partial charge in [0.15, 0.2) is 5.16 Å². The third-order valence-electron chi connectivity index (χ3n) is 0.964. The van der Waals surface area contributed by atoms with Crippen LogP contribution in [0.25, 0.3) is 0 Å². The topological polar surface area (TPSA) is 25.8 Å². The molecule has 10 heavy (non-hydrogen) atoms. The Kier molecular flexibility index (Phi) is 2.30. The molecule has 1 heterocycles. The molecule has 0 amide bonds. The number of terminal acetylenes is 1. The van der Waals surface area contributed by atoms with Crippen molar-refractivity contribution in [2.75, 3.05) is 6.26 Å². The molecule has 2 nitrogen and oxygen atoms in total. The molecule has 3 heteroatoms. The summed E-state index contributed by atoms with van der Waals surface area (Å²) >= 11 is 1.48. The van der Waals surface area contributed by atoms with E-state index in [-0.39, 0.29) is 0 Å². The van der Waals surface area contributed by atoms with Gasteiger partial charge >= 0.3 is 0 Å². The fourth-order valence-corrected chi connectivity index (χ4v) is 0.875. The van der Waals surface area contributed by atoms with Gasteiger partial charge in [-0.1, -0.05) is 17.7 Å². The lowest BCUT2D eigenvalue weighted by Crippen LogP contribution is -1.87. The first-order valence-corrected chi connectivity index (χ1v) is 3.93. The molecule has 1 aromatic heterocycles. The van der Waals surface area contributed by atoms with Crippen LogP contribution in [0.15, 0.2) is 17.4 Å². The van der Waals surface area contributed by atoms with Crippen molar-refractivity contribution in [3.05, 3.63) is 18.0 Å². The van der Waals surface area contributed by atoms with Crippen LogP contribution in [0, 0.1) is 12.3 Å². The summed E-state index contributed by atoms with van der Waals surface area (Å²) in [6.45, 7) is 0. The van der Waals surface area contributed by atoms with E-state index < -0.39 is 0 Å². The molecule has 0 saturated carbocycles. The standard InChI is InChI=1S/C7H6N2S/c1-3-6-4-5-8-7(9-6)10-2/h1,4-5H,2H3. The first-order valence-electron chi connectivity index (χ1n) is 2.70. The summed E-state index contributed by atoms with van der Waals surface area (Å²) in [5.74, 6) is 2.44. The molecule has 0 radical (unpaired) electrons. The average Bonchev–Trinajstić information content (AvgIpc) is 2.05. The van der Waals surface area contributed by atoms with E-state index in [1.165, 1.54) is 11.8 Å². The molecular formula is C7H6N2S. The Morgan fingerprint density at radius 3 is 3.10 bits per heavy atom. The highest BCUT2D eigenvalue weighted by Gasteiger charge is 1.92. The van der Waals surface area contributed by atoms with E-state index in [1.807, 2.05) is 6.26 Å². The van der Waals surface area contributed by atoms with Gasteiger partial charge in [-0.2, -0.15) is 0 Å². The number of thioether (sulfide) groups is 1. The van der Waals surface area contributed by atoms with Gasteiger partial charge in [-0.3, -0.25) is 0 Å². The zero-order valence-corrected chi connectivity index (χ0v) is 6.35. The zero-order chi connectivity index (χ0) is 7.40. The van der Waals surface area contributed by atoms with Gasteiger partial charge in [-0.05, 0) is 12.3 Å². The summed E-state index contributed by atoms with van der Waals surface area (Å²) in [6.07, 6.45) is 8.70. The molecule has 0 spiro atoms.